The van der Waals surface area contributed by atoms with Crippen molar-refractivity contribution in [3.05, 3.63) is 29.6 Å². The van der Waals surface area contributed by atoms with E-state index in [-0.39, 0.29) is 60.7 Å². The molecule has 1 aromatic rings. The molecule has 1 aliphatic rings. The topological polar surface area (TPSA) is 87.9 Å². The molecule has 1 aromatic carbocycles. The Bertz CT molecular complexity index is 671. The highest BCUT2D eigenvalue weighted by Gasteiger charge is 2.23. The van der Waals surface area contributed by atoms with Crippen LogP contribution in [0.1, 0.15) is 19.4 Å². The predicted octanol–water partition coefficient (Wildman–Crippen LogP) is 1.42. The van der Waals surface area contributed by atoms with Gasteiger partial charge in [0.1, 0.15) is 0 Å². The SMILES string of the molecule is COc1ccc(CN2CCN(C(=O)CNC(=O)[C@@H](N)C(C)C)CC2)cc1F.Cl.Cl. The molecule has 1 heterocycles. The summed E-state index contributed by atoms with van der Waals surface area (Å²) in [6.07, 6.45) is 0. The molecule has 0 saturated carbocycles. The van der Waals surface area contributed by atoms with Gasteiger partial charge in [0.2, 0.25) is 11.8 Å². The first kappa shape index (κ1) is 27.4. The van der Waals surface area contributed by atoms with E-state index in [2.05, 4.69) is 10.2 Å². The lowest BCUT2D eigenvalue weighted by Crippen LogP contribution is -2.52. The van der Waals surface area contributed by atoms with E-state index in [0.717, 1.165) is 5.56 Å². The average Bonchev–Trinajstić information content (AvgIpc) is 2.65. The normalized spacial score (nSPS) is 15.2. The van der Waals surface area contributed by atoms with E-state index >= 15 is 0 Å². The molecule has 0 aromatic heterocycles. The van der Waals surface area contributed by atoms with Gasteiger partial charge in [-0.15, -0.1) is 24.8 Å². The van der Waals surface area contributed by atoms with Crippen molar-refractivity contribution in [2.75, 3.05) is 39.8 Å². The largest absolute Gasteiger partial charge is 0.494 e. The van der Waals surface area contributed by atoms with Gasteiger partial charge >= 0.3 is 0 Å². The van der Waals surface area contributed by atoms with Crippen LogP contribution in [0, 0.1) is 11.7 Å². The third kappa shape index (κ3) is 7.97. The van der Waals surface area contributed by atoms with Crippen molar-refractivity contribution < 1.29 is 18.7 Å². The highest BCUT2D eigenvalue weighted by Crippen LogP contribution is 2.19. The fourth-order valence-electron chi connectivity index (χ4n) is 2.92. The van der Waals surface area contributed by atoms with E-state index in [1.807, 2.05) is 19.9 Å². The molecule has 2 amide bonds. The molecular formula is C19H31Cl2FN4O3. The minimum Gasteiger partial charge on any atom is -0.494 e. The van der Waals surface area contributed by atoms with Gasteiger partial charge in [-0.1, -0.05) is 19.9 Å². The highest BCUT2D eigenvalue weighted by molar-refractivity contribution is 5.87. The van der Waals surface area contributed by atoms with Crippen LogP contribution >= 0.6 is 24.8 Å². The van der Waals surface area contributed by atoms with Crippen LogP contribution in [-0.4, -0.2) is 67.5 Å². The van der Waals surface area contributed by atoms with Crippen molar-refractivity contribution >= 4 is 36.6 Å². The number of amides is 2. The number of benzene rings is 1. The lowest BCUT2D eigenvalue weighted by atomic mass is 10.1. The molecule has 10 heteroatoms. The molecule has 0 radical (unpaired) electrons. The Kier molecular flexibility index (Phi) is 12.1. The second-order valence-corrected chi connectivity index (χ2v) is 7.11. The Morgan fingerprint density at radius 2 is 1.83 bits per heavy atom. The number of methoxy groups -OCH3 is 1. The summed E-state index contributed by atoms with van der Waals surface area (Å²) < 4.78 is 18.7. The number of hydrogen-bond donors (Lipinski definition) is 2. The second-order valence-electron chi connectivity index (χ2n) is 7.11. The molecule has 1 aliphatic heterocycles. The molecule has 0 aliphatic carbocycles. The fourth-order valence-corrected chi connectivity index (χ4v) is 2.92. The molecule has 166 valence electrons. The minimum atomic E-state index is -0.612. The van der Waals surface area contributed by atoms with E-state index in [9.17, 15) is 14.0 Å². The molecule has 1 fully saturated rings. The Hall–Kier alpha value is -1.61. The summed E-state index contributed by atoms with van der Waals surface area (Å²) in [4.78, 5) is 28.0. The third-order valence-electron chi connectivity index (χ3n) is 4.78. The number of hydrogen-bond acceptors (Lipinski definition) is 5. The van der Waals surface area contributed by atoms with Gasteiger partial charge in [-0.25, -0.2) is 4.39 Å². The summed E-state index contributed by atoms with van der Waals surface area (Å²) in [6, 6.07) is 4.32. The number of nitrogens with zero attached hydrogens (tertiary/aromatic N) is 2. The number of carbonyl (C=O) groups is 2. The predicted molar refractivity (Wildman–Crippen MR) is 115 cm³/mol. The van der Waals surface area contributed by atoms with Crippen LogP contribution in [-0.2, 0) is 16.1 Å². The molecule has 2 rings (SSSR count). The van der Waals surface area contributed by atoms with Gasteiger partial charge < -0.3 is 20.7 Å². The molecule has 3 N–H and O–H groups in total. The van der Waals surface area contributed by atoms with E-state index in [1.54, 1.807) is 11.0 Å². The van der Waals surface area contributed by atoms with Crippen molar-refractivity contribution in [1.29, 1.82) is 0 Å². The summed E-state index contributed by atoms with van der Waals surface area (Å²) in [7, 11) is 1.44. The Morgan fingerprint density at radius 1 is 1.21 bits per heavy atom. The maximum atomic E-state index is 13.8. The molecule has 1 saturated heterocycles. The lowest BCUT2D eigenvalue weighted by Gasteiger charge is -2.35. The van der Waals surface area contributed by atoms with Gasteiger partial charge in [0, 0.05) is 32.7 Å². The van der Waals surface area contributed by atoms with Crippen LogP contribution in [0.15, 0.2) is 18.2 Å². The van der Waals surface area contributed by atoms with Crippen molar-refractivity contribution in [2.45, 2.75) is 26.4 Å². The van der Waals surface area contributed by atoms with Gasteiger partial charge in [0.05, 0.1) is 19.7 Å². The Morgan fingerprint density at radius 3 is 2.34 bits per heavy atom. The summed E-state index contributed by atoms with van der Waals surface area (Å²) in [6.45, 7) is 6.83. The van der Waals surface area contributed by atoms with E-state index in [1.165, 1.54) is 13.2 Å². The number of ether oxygens (including phenoxy) is 1. The van der Waals surface area contributed by atoms with Gasteiger partial charge in [-0.05, 0) is 23.6 Å². The van der Waals surface area contributed by atoms with Gasteiger partial charge in [0.15, 0.2) is 11.6 Å². The number of nitrogens with two attached hydrogens (primary N) is 1. The van der Waals surface area contributed by atoms with Crippen LogP contribution < -0.4 is 15.8 Å². The smallest absolute Gasteiger partial charge is 0.242 e. The number of rotatable bonds is 7. The van der Waals surface area contributed by atoms with E-state index in [4.69, 9.17) is 10.5 Å². The van der Waals surface area contributed by atoms with E-state index < -0.39 is 6.04 Å². The monoisotopic (exact) mass is 452 g/mol. The zero-order chi connectivity index (χ0) is 20.0. The van der Waals surface area contributed by atoms with Crippen molar-refractivity contribution in [3.63, 3.8) is 0 Å². The summed E-state index contributed by atoms with van der Waals surface area (Å²) >= 11 is 0. The first-order valence-corrected chi connectivity index (χ1v) is 9.17. The highest BCUT2D eigenvalue weighted by atomic mass is 35.5. The molecule has 29 heavy (non-hydrogen) atoms. The molecule has 0 bridgehead atoms. The number of carbonyl (C=O) groups excluding carboxylic acids is 2. The van der Waals surface area contributed by atoms with E-state index in [0.29, 0.717) is 32.7 Å². The first-order valence-electron chi connectivity index (χ1n) is 9.17. The van der Waals surface area contributed by atoms with Crippen LogP contribution in [0.2, 0.25) is 0 Å². The van der Waals surface area contributed by atoms with Gasteiger partial charge in [-0.2, -0.15) is 0 Å². The summed E-state index contributed by atoms with van der Waals surface area (Å²) in [5, 5.41) is 2.61. The molecule has 0 spiro atoms. The quantitative estimate of drug-likeness (QED) is 0.652. The molecule has 1 atom stereocenters. The summed E-state index contributed by atoms with van der Waals surface area (Å²) in [5.74, 6) is -0.549. The van der Waals surface area contributed by atoms with Gasteiger partial charge in [0.25, 0.3) is 0 Å². The fraction of sp³-hybridized carbons (Fsp3) is 0.579. The maximum absolute atomic E-state index is 13.8. The van der Waals surface area contributed by atoms with Crippen molar-refractivity contribution in [1.82, 2.24) is 15.1 Å². The van der Waals surface area contributed by atoms with Crippen LogP contribution in [0.3, 0.4) is 0 Å². The maximum Gasteiger partial charge on any atom is 0.242 e. The zero-order valence-corrected chi connectivity index (χ0v) is 18.7. The molecule has 0 unspecified atom stereocenters. The standard InChI is InChI=1S/C19H29FN4O3.2ClH/c1-13(2)18(21)19(26)22-11-17(25)24-8-6-23(7-9-24)12-14-4-5-16(27-3)15(20)10-14;;/h4-5,10,13,18H,6-9,11-12,21H2,1-3H3,(H,22,26);2*1H/t18-;;/m0../s1. The van der Waals surface area contributed by atoms with Crippen LogP contribution in [0.25, 0.3) is 0 Å². The summed E-state index contributed by atoms with van der Waals surface area (Å²) in [5.41, 5.74) is 6.63. The second kappa shape index (κ2) is 12.8. The Labute approximate surface area is 183 Å². The Balaban J connectivity index is 0.00000392. The molecular weight excluding hydrogens is 422 g/mol. The number of halogens is 3. The molecule has 7 nitrogen and oxygen atoms in total. The zero-order valence-electron chi connectivity index (χ0n) is 17.0. The van der Waals surface area contributed by atoms with Gasteiger partial charge in [-0.3, -0.25) is 14.5 Å². The van der Waals surface area contributed by atoms with Crippen molar-refractivity contribution in [3.8, 4) is 5.75 Å². The minimum absolute atomic E-state index is 0. The van der Waals surface area contributed by atoms with Crippen molar-refractivity contribution in [2.24, 2.45) is 11.7 Å². The van der Waals surface area contributed by atoms with Crippen LogP contribution in [0.5, 0.6) is 5.75 Å². The number of piperazine rings is 1. The lowest BCUT2D eigenvalue weighted by molar-refractivity contribution is -0.134. The number of nitrogens with one attached hydrogen (secondary N) is 1. The average molecular weight is 453 g/mol. The third-order valence-corrected chi connectivity index (χ3v) is 4.78. The first-order chi connectivity index (χ1) is 12.8. The van der Waals surface area contributed by atoms with Crippen LogP contribution in [0.4, 0.5) is 4.39 Å².